The summed E-state index contributed by atoms with van der Waals surface area (Å²) in [5.74, 6) is -22.7. The maximum Gasteiger partial charge on any atom is 0.276 e. The highest BCUT2D eigenvalue weighted by Crippen LogP contribution is 2.69. The van der Waals surface area contributed by atoms with Crippen molar-refractivity contribution in [3.8, 4) is 23.0 Å². The molecule has 1 aliphatic carbocycles. The standard InChI is InChI=1S/C17H26ClNO12/c1-5(2)14(24,25)12(19(3)4)13(15(26,27)17(30,31)16(13,28)29)6-8(20)10(22)7(18)11(23)9(6)21/h5,12,20-31H,1-4H3. The minimum atomic E-state index is -4.20. The van der Waals surface area contributed by atoms with Crippen molar-refractivity contribution < 1.29 is 61.3 Å². The van der Waals surface area contributed by atoms with Gasteiger partial charge in [0.2, 0.25) is 11.6 Å². The molecule has 178 valence electrons. The van der Waals surface area contributed by atoms with E-state index in [0.717, 1.165) is 19.0 Å². The molecule has 13 nitrogen and oxygen atoms in total. The summed E-state index contributed by atoms with van der Waals surface area (Å²) in [5.41, 5.74) is -5.11. The predicted molar refractivity (Wildman–Crippen MR) is 101 cm³/mol. The van der Waals surface area contributed by atoms with E-state index < -0.39 is 74.1 Å². The number of hydrogen-bond acceptors (Lipinski definition) is 13. The number of hydrogen-bond donors (Lipinski definition) is 12. The maximum absolute atomic E-state index is 10.8. The molecule has 12 N–H and O–H groups in total. The number of halogens is 1. The minimum absolute atomic E-state index is 0.791. The molecule has 1 atom stereocenters. The van der Waals surface area contributed by atoms with Crippen molar-refractivity contribution in [3.63, 3.8) is 0 Å². The van der Waals surface area contributed by atoms with E-state index in [0.29, 0.717) is 0 Å². The van der Waals surface area contributed by atoms with Gasteiger partial charge in [0.1, 0.15) is 10.4 Å². The van der Waals surface area contributed by atoms with Gasteiger partial charge in [0.15, 0.2) is 28.8 Å². The van der Waals surface area contributed by atoms with Gasteiger partial charge < -0.3 is 66.2 Å². The van der Waals surface area contributed by atoms with Crippen LogP contribution in [-0.4, -0.2) is 109 Å². The molecule has 1 saturated carbocycles. The van der Waals surface area contributed by atoms with E-state index in [2.05, 4.69) is 0 Å². The van der Waals surface area contributed by atoms with Crippen LogP contribution in [0, 0.1) is 5.92 Å². The van der Waals surface area contributed by atoms with Gasteiger partial charge >= 0.3 is 0 Å². The summed E-state index contributed by atoms with van der Waals surface area (Å²) in [6, 6.07) is -2.38. The predicted octanol–water partition coefficient (Wildman–Crippen LogP) is -3.28. The number of aliphatic hydroxyl groups is 8. The number of benzene rings is 1. The number of phenols is 4. The second-order valence-corrected chi connectivity index (χ2v) is 8.59. The lowest BCUT2D eigenvalue weighted by molar-refractivity contribution is -0.580. The molecule has 1 aromatic carbocycles. The van der Waals surface area contributed by atoms with Gasteiger partial charge in [-0.2, -0.15) is 0 Å². The third kappa shape index (κ3) is 2.64. The van der Waals surface area contributed by atoms with E-state index in [1.54, 1.807) is 0 Å². The first-order valence-electron chi connectivity index (χ1n) is 8.80. The molecule has 0 aliphatic heterocycles. The lowest BCUT2D eigenvalue weighted by Crippen LogP contribution is -2.98. The van der Waals surface area contributed by atoms with E-state index in [4.69, 9.17) is 11.6 Å². The molecule has 0 spiro atoms. The molecule has 0 aromatic heterocycles. The first-order valence-corrected chi connectivity index (χ1v) is 9.17. The normalized spacial score (nSPS) is 22.4. The van der Waals surface area contributed by atoms with Crippen LogP contribution in [0.25, 0.3) is 0 Å². The van der Waals surface area contributed by atoms with Crippen molar-refractivity contribution in [1.29, 1.82) is 0 Å². The molecule has 31 heavy (non-hydrogen) atoms. The molecule has 1 fully saturated rings. The van der Waals surface area contributed by atoms with E-state index in [1.807, 2.05) is 0 Å². The van der Waals surface area contributed by atoms with Gasteiger partial charge in [-0.25, -0.2) is 0 Å². The zero-order valence-electron chi connectivity index (χ0n) is 16.8. The van der Waals surface area contributed by atoms with Crippen molar-refractivity contribution in [2.24, 2.45) is 5.92 Å². The monoisotopic (exact) mass is 471 g/mol. The fourth-order valence-electron chi connectivity index (χ4n) is 4.28. The van der Waals surface area contributed by atoms with Crippen molar-refractivity contribution in [2.45, 2.75) is 48.5 Å². The minimum Gasteiger partial charge on any atom is -0.504 e. The van der Waals surface area contributed by atoms with Crippen LogP contribution in [0.4, 0.5) is 0 Å². The van der Waals surface area contributed by atoms with Crippen molar-refractivity contribution in [3.05, 3.63) is 10.6 Å². The molecule has 1 aliphatic rings. The molecule has 2 rings (SSSR count). The Labute approximate surface area is 180 Å². The van der Waals surface area contributed by atoms with E-state index in [-0.39, 0.29) is 0 Å². The highest BCUT2D eigenvalue weighted by molar-refractivity contribution is 6.34. The van der Waals surface area contributed by atoms with Gasteiger partial charge in [0.25, 0.3) is 5.79 Å². The smallest absolute Gasteiger partial charge is 0.276 e. The molecule has 1 aromatic rings. The van der Waals surface area contributed by atoms with Crippen molar-refractivity contribution in [1.82, 2.24) is 4.90 Å². The molecule has 0 amide bonds. The molecule has 1 unspecified atom stereocenters. The first kappa shape index (κ1) is 25.6. The summed E-state index contributed by atoms with van der Waals surface area (Å²) in [7, 11) is 2.17. The quantitative estimate of drug-likeness (QED) is 0.114. The topological polar surface area (TPSA) is 246 Å². The van der Waals surface area contributed by atoms with E-state index >= 15 is 0 Å². The molecule has 0 radical (unpaired) electrons. The molecule has 0 heterocycles. The van der Waals surface area contributed by atoms with Crippen LogP contribution >= 0.6 is 11.6 Å². The number of aromatic hydroxyl groups is 4. The van der Waals surface area contributed by atoms with Crippen LogP contribution in [0.15, 0.2) is 0 Å². The third-order valence-electron chi connectivity index (χ3n) is 5.98. The molecule has 0 bridgehead atoms. The Hall–Kier alpha value is -1.65. The first-order chi connectivity index (χ1) is 13.7. The molecule has 14 heteroatoms. The van der Waals surface area contributed by atoms with Crippen LogP contribution in [0.1, 0.15) is 19.4 Å². The Bertz CT molecular complexity index is 849. The van der Waals surface area contributed by atoms with Crippen molar-refractivity contribution >= 4 is 11.6 Å². The summed E-state index contributed by atoms with van der Waals surface area (Å²) in [4.78, 5) is 0.791. The Morgan fingerprint density at radius 3 is 1.39 bits per heavy atom. The average molecular weight is 472 g/mol. The zero-order valence-corrected chi connectivity index (χ0v) is 17.6. The Kier molecular flexibility index (Phi) is 5.72. The molecular formula is C17H26ClNO12. The second kappa shape index (κ2) is 6.92. The summed E-state index contributed by atoms with van der Waals surface area (Å²) in [5, 5.41) is 124. The summed E-state index contributed by atoms with van der Waals surface area (Å²) in [6.07, 6.45) is 0. The van der Waals surface area contributed by atoms with Gasteiger partial charge in [-0.1, -0.05) is 25.4 Å². The second-order valence-electron chi connectivity index (χ2n) is 8.21. The number of phenolic OH excluding ortho intramolecular Hbond substituents is 4. The lowest BCUT2D eigenvalue weighted by Gasteiger charge is -2.71. The number of nitrogens with zero attached hydrogens (tertiary/aromatic N) is 1. The largest absolute Gasteiger partial charge is 0.504 e. The Morgan fingerprint density at radius 1 is 0.742 bits per heavy atom. The fraction of sp³-hybridized carbons (Fsp3) is 0.647. The van der Waals surface area contributed by atoms with Gasteiger partial charge in [0.05, 0.1) is 11.6 Å². The summed E-state index contributed by atoms with van der Waals surface area (Å²) < 4.78 is 0. The van der Waals surface area contributed by atoms with Crippen LogP contribution in [0.3, 0.4) is 0 Å². The highest BCUT2D eigenvalue weighted by Gasteiger charge is 2.94. The van der Waals surface area contributed by atoms with Gasteiger partial charge in [-0.15, -0.1) is 0 Å². The Balaban J connectivity index is 3.21. The van der Waals surface area contributed by atoms with E-state index in [1.165, 1.54) is 13.8 Å². The van der Waals surface area contributed by atoms with Gasteiger partial charge in [-0.05, 0) is 14.1 Å². The maximum atomic E-state index is 10.8. The number of likely N-dealkylation sites (N-methyl/N-ethyl adjacent to an activating group) is 1. The zero-order chi connectivity index (χ0) is 24.7. The average Bonchev–Trinajstić information content (AvgIpc) is 2.62. The van der Waals surface area contributed by atoms with Gasteiger partial charge in [0, 0.05) is 5.92 Å². The van der Waals surface area contributed by atoms with E-state index in [9.17, 15) is 61.3 Å². The SMILES string of the molecule is CC(C)C(O)(O)C(N(C)C)C1(c2c(O)c(O)c(Cl)c(O)c2O)C(O)(O)C(O)(O)C1(O)O. The summed E-state index contributed by atoms with van der Waals surface area (Å²) in [6.45, 7) is 2.44. The fourth-order valence-corrected chi connectivity index (χ4v) is 4.46. The Morgan fingerprint density at radius 2 is 1.10 bits per heavy atom. The van der Waals surface area contributed by atoms with Crippen molar-refractivity contribution in [2.75, 3.05) is 14.1 Å². The van der Waals surface area contributed by atoms with Crippen LogP contribution < -0.4 is 0 Å². The molecule has 0 saturated heterocycles. The van der Waals surface area contributed by atoms with Crippen LogP contribution in [-0.2, 0) is 5.41 Å². The lowest BCUT2D eigenvalue weighted by atomic mass is 9.45. The third-order valence-corrected chi connectivity index (χ3v) is 6.34. The van der Waals surface area contributed by atoms with Crippen LogP contribution in [0.2, 0.25) is 5.02 Å². The van der Waals surface area contributed by atoms with Gasteiger partial charge in [-0.3, -0.25) is 0 Å². The summed E-state index contributed by atoms with van der Waals surface area (Å²) >= 11 is 5.57. The molecular weight excluding hydrogens is 446 g/mol. The number of rotatable bonds is 5. The van der Waals surface area contributed by atoms with Crippen LogP contribution in [0.5, 0.6) is 23.0 Å². The highest BCUT2D eigenvalue weighted by atomic mass is 35.5.